The summed E-state index contributed by atoms with van der Waals surface area (Å²) in [6.45, 7) is 6.95. The van der Waals surface area contributed by atoms with Crippen LogP contribution in [0.5, 0.6) is 0 Å². The number of halogens is 2. The second-order valence-corrected chi connectivity index (χ2v) is 10.4. The Labute approximate surface area is 90.9 Å². The summed E-state index contributed by atoms with van der Waals surface area (Å²) in [5.74, 6) is 0. The molecule has 1 aromatic rings. The van der Waals surface area contributed by atoms with Crippen molar-refractivity contribution in [2.75, 3.05) is 0 Å². The summed E-state index contributed by atoms with van der Waals surface area (Å²) < 4.78 is 2.24. The average Bonchev–Trinajstić information content (AvgIpc) is 1.82. The van der Waals surface area contributed by atoms with Crippen molar-refractivity contribution in [2.45, 2.75) is 19.6 Å². The van der Waals surface area contributed by atoms with Gasteiger partial charge in [0.2, 0.25) is 0 Å². The summed E-state index contributed by atoms with van der Waals surface area (Å²) in [4.78, 5) is 4.09. The molecule has 0 bridgehead atoms. The summed E-state index contributed by atoms with van der Waals surface area (Å²) in [5, 5.41) is 1.40. The molecular formula is C8H11Br2NSi. The van der Waals surface area contributed by atoms with E-state index >= 15 is 0 Å². The molecule has 0 saturated heterocycles. The van der Waals surface area contributed by atoms with Gasteiger partial charge < -0.3 is 0 Å². The van der Waals surface area contributed by atoms with Gasteiger partial charge in [0.1, 0.15) is 0 Å². The van der Waals surface area contributed by atoms with Crippen LogP contribution in [-0.2, 0) is 0 Å². The van der Waals surface area contributed by atoms with Crippen LogP contribution in [0.2, 0.25) is 19.6 Å². The van der Waals surface area contributed by atoms with Gasteiger partial charge in [0, 0.05) is 21.3 Å². The number of hydrogen-bond acceptors (Lipinski definition) is 1. The zero-order chi connectivity index (χ0) is 9.35. The first-order valence-corrected chi connectivity index (χ1v) is 8.81. The predicted octanol–water partition coefficient (Wildman–Crippen LogP) is 3.15. The molecule has 1 nitrogen and oxygen atoms in total. The standard InChI is InChI=1S/C8H11Br2NSi/c1-12(2,3)8-6(9)4-11-5-7(8)10/h4-5H,1-3H3. The van der Waals surface area contributed by atoms with Gasteiger partial charge in [-0.1, -0.05) is 19.6 Å². The highest BCUT2D eigenvalue weighted by Gasteiger charge is 2.22. The molecule has 0 aromatic carbocycles. The zero-order valence-corrected chi connectivity index (χ0v) is 11.5. The quantitative estimate of drug-likeness (QED) is 0.726. The molecular weight excluding hydrogens is 298 g/mol. The molecule has 1 heterocycles. The van der Waals surface area contributed by atoms with Gasteiger partial charge in [-0.15, -0.1) is 0 Å². The fourth-order valence-corrected chi connectivity index (χ4v) is 7.19. The van der Waals surface area contributed by atoms with Crippen LogP contribution in [0.4, 0.5) is 0 Å². The number of rotatable bonds is 1. The molecule has 0 aliphatic rings. The lowest BCUT2D eigenvalue weighted by Gasteiger charge is -2.19. The first-order chi connectivity index (χ1) is 5.43. The molecule has 0 saturated carbocycles. The monoisotopic (exact) mass is 307 g/mol. The molecule has 1 rings (SSSR count). The highest BCUT2D eigenvalue weighted by atomic mass is 79.9. The van der Waals surface area contributed by atoms with E-state index in [0.717, 1.165) is 8.95 Å². The minimum Gasteiger partial charge on any atom is -0.262 e. The minimum absolute atomic E-state index is 1.12. The van der Waals surface area contributed by atoms with Gasteiger partial charge in [0.05, 0.1) is 8.07 Å². The third-order valence-corrected chi connectivity index (χ3v) is 5.58. The molecule has 0 unspecified atom stereocenters. The van der Waals surface area contributed by atoms with E-state index in [1.165, 1.54) is 5.19 Å². The van der Waals surface area contributed by atoms with E-state index < -0.39 is 8.07 Å². The second kappa shape index (κ2) is 3.60. The van der Waals surface area contributed by atoms with Gasteiger partial charge in [-0.25, -0.2) is 0 Å². The molecule has 12 heavy (non-hydrogen) atoms. The van der Waals surface area contributed by atoms with E-state index in [4.69, 9.17) is 0 Å². The van der Waals surface area contributed by atoms with E-state index in [0.29, 0.717) is 0 Å². The van der Waals surface area contributed by atoms with Gasteiger partial charge in [-0.05, 0) is 37.0 Å². The fourth-order valence-electron chi connectivity index (χ4n) is 1.13. The second-order valence-electron chi connectivity index (χ2n) is 3.73. The van der Waals surface area contributed by atoms with Crippen LogP contribution in [0.15, 0.2) is 21.3 Å². The van der Waals surface area contributed by atoms with Gasteiger partial charge in [0.15, 0.2) is 0 Å². The highest BCUT2D eigenvalue weighted by Crippen LogP contribution is 2.18. The van der Waals surface area contributed by atoms with Crippen LogP contribution >= 0.6 is 31.9 Å². The molecule has 0 radical (unpaired) electrons. The van der Waals surface area contributed by atoms with E-state index in [-0.39, 0.29) is 0 Å². The van der Waals surface area contributed by atoms with Crippen molar-refractivity contribution in [1.29, 1.82) is 0 Å². The first kappa shape index (κ1) is 10.4. The largest absolute Gasteiger partial charge is 0.262 e. The van der Waals surface area contributed by atoms with Crippen LogP contribution in [0.1, 0.15) is 0 Å². The molecule has 0 N–H and O–H groups in total. The molecule has 0 fully saturated rings. The Bertz CT molecular complexity index is 273. The summed E-state index contributed by atoms with van der Waals surface area (Å²) in [6, 6.07) is 0. The maximum absolute atomic E-state index is 4.09. The zero-order valence-electron chi connectivity index (χ0n) is 7.36. The Hall–Kier alpha value is 0.327. The van der Waals surface area contributed by atoms with E-state index in [2.05, 4.69) is 56.5 Å². The Balaban J connectivity index is 3.31. The Kier molecular flexibility index (Phi) is 3.12. The van der Waals surface area contributed by atoms with Crippen LogP contribution in [0.3, 0.4) is 0 Å². The molecule has 0 atom stereocenters. The van der Waals surface area contributed by atoms with Crippen LogP contribution in [0, 0.1) is 0 Å². The number of nitrogens with zero attached hydrogens (tertiary/aromatic N) is 1. The van der Waals surface area contributed by atoms with Gasteiger partial charge in [0.25, 0.3) is 0 Å². The smallest absolute Gasteiger partial charge is 0.0807 e. The van der Waals surface area contributed by atoms with Gasteiger partial charge >= 0.3 is 0 Å². The molecule has 1 aromatic heterocycles. The van der Waals surface area contributed by atoms with Crippen molar-refractivity contribution < 1.29 is 0 Å². The lowest BCUT2D eigenvalue weighted by Crippen LogP contribution is -2.39. The normalized spacial score (nSPS) is 11.8. The Morgan fingerprint density at radius 3 is 1.75 bits per heavy atom. The maximum Gasteiger partial charge on any atom is 0.0807 e. The van der Waals surface area contributed by atoms with E-state index in [9.17, 15) is 0 Å². The molecule has 66 valence electrons. The topological polar surface area (TPSA) is 12.9 Å². The molecule has 0 amide bonds. The van der Waals surface area contributed by atoms with E-state index in [1.54, 1.807) is 0 Å². The summed E-state index contributed by atoms with van der Waals surface area (Å²) in [6.07, 6.45) is 3.72. The number of aromatic nitrogens is 1. The average molecular weight is 309 g/mol. The van der Waals surface area contributed by atoms with Crippen molar-refractivity contribution in [1.82, 2.24) is 4.98 Å². The first-order valence-electron chi connectivity index (χ1n) is 3.72. The lowest BCUT2D eigenvalue weighted by atomic mass is 10.5. The van der Waals surface area contributed by atoms with Crippen molar-refractivity contribution >= 4 is 45.1 Å². The summed E-state index contributed by atoms with van der Waals surface area (Å²) >= 11 is 7.05. The fraction of sp³-hybridized carbons (Fsp3) is 0.375. The Morgan fingerprint density at radius 1 is 1.08 bits per heavy atom. The van der Waals surface area contributed by atoms with E-state index in [1.807, 2.05) is 12.4 Å². The highest BCUT2D eigenvalue weighted by molar-refractivity contribution is 9.11. The van der Waals surface area contributed by atoms with Crippen LogP contribution in [-0.4, -0.2) is 13.1 Å². The van der Waals surface area contributed by atoms with Crippen LogP contribution < -0.4 is 5.19 Å². The maximum atomic E-state index is 4.09. The molecule has 0 aliphatic carbocycles. The Morgan fingerprint density at radius 2 is 1.50 bits per heavy atom. The number of hydrogen-bond donors (Lipinski definition) is 0. The number of pyridine rings is 1. The lowest BCUT2D eigenvalue weighted by molar-refractivity contribution is 1.30. The van der Waals surface area contributed by atoms with Gasteiger partial charge in [-0.2, -0.15) is 0 Å². The third-order valence-electron chi connectivity index (χ3n) is 1.60. The van der Waals surface area contributed by atoms with Crippen LogP contribution in [0.25, 0.3) is 0 Å². The predicted molar refractivity (Wildman–Crippen MR) is 62.6 cm³/mol. The molecule has 4 heteroatoms. The molecule has 0 spiro atoms. The summed E-state index contributed by atoms with van der Waals surface area (Å²) in [7, 11) is -1.26. The summed E-state index contributed by atoms with van der Waals surface area (Å²) in [5.41, 5.74) is 0. The minimum atomic E-state index is -1.26. The van der Waals surface area contributed by atoms with Crippen molar-refractivity contribution in [3.8, 4) is 0 Å². The van der Waals surface area contributed by atoms with Crippen molar-refractivity contribution in [3.63, 3.8) is 0 Å². The SMILES string of the molecule is C[Si](C)(C)c1c(Br)cncc1Br. The molecule has 0 aliphatic heterocycles. The van der Waals surface area contributed by atoms with Crippen molar-refractivity contribution in [2.24, 2.45) is 0 Å². The van der Waals surface area contributed by atoms with Gasteiger partial charge in [-0.3, -0.25) is 4.98 Å². The third kappa shape index (κ3) is 2.17. The van der Waals surface area contributed by atoms with Crippen molar-refractivity contribution in [3.05, 3.63) is 21.3 Å².